The Bertz CT molecular complexity index is 1410. The van der Waals surface area contributed by atoms with Gasteiger partial charge in [-0.3, -0.25) is 9.78 Å². The number of aromatic nitrogens is 2. The van der Waals surface area contributed by atoms with Crippen molar-refractivity contribution in [2.45, 2.75) is 50.1 Å². The number of rotatable bonds is 7. The maximum Gasteiger partial charge on any atom is 0.252 e. The van der Waals surface area contributed by atoms with E-state index in [1.54, 1.807) is 17.5 Å². The van der Waals surface area contributed by atoms with Crippen LogP contribution in [0.2, 0.25) is 0 Å². The molecular formula is C28H28N4O2S. The van der Waals surface area contributed by atoms with E-state index in [2.05, 4.69) is 33.5 Å². The zero-order valence-electron chi connectivity index (χ0n) is 19.7. The molecule has 2 aromatic heterocycles. The lowest BCUT2D eigenvalue weighted by molar-refractivity contribution is 0.0929. The monoisotopic (exact) mass is 484 g/mol. The molecule has 6 nitrogen and oxygen atoms in total. The number of nitrogens with zero attached hydrogens (tertiary/aromatic N) is 2. The Balaban J connectivity index is 1.30. The summed E-state index contributed by atoms with van der Waals surface area (Å²) in [6, 6.07) is 14.0. The molecule has 2 aromatic carbocycles. The summed E-state index contributed by atoms with van der Waals surface area (Å²) < 4.78 is 5.98. The van der Waals surface area contributed by atoms with Crippen LogP contribution in [0.4, 0.5) is 0 Å². The summed E-state index contributed by atoms with van der Waals surface area (Å²) in [7, 11) is 0. The molecule has 2 fully saturated rings. The van der Waals surface area contributed by atoms with Crippen molar-refractivity contribution in [1.29, 1.82) is 0 Å². The molecular weight excluding hydrogens is 456 g/mol. The lowest BCUT2D eigenvalue weighted by Gasteiger charge is -2.37. The van der Waals surface area contributed by atoms with Crippen molar-refractivity contribution in [2.75, 3.05) is 6.61 Å². The minimum Gasteiger partial charge on any atom is -0.492 e. The van der Waals surface area contributed by atoms with Crippen molar-refractivity contribution in [3.8, 4) is 16.3 Å². The number of carbonyl (C=O) groups is 1. The third-order valence-corrected chi connectivity index (χ3v) is 8.17. The number of nitrogens with one attached hydrogen (secondary N) is 1. The van der Waals surface area contributed by atoms with Gasteiger partial charge in [-0.25, -0.2) is 4.98 Å². The number of fused-ring (bicyclic) bond motifs is 1. The molecule has 2 heterocycles. The molecule has 0 aliphatic heterocycles. The molecule has 2 aliphatic carbocycles. The van der Waals surface area contributed by atoms with E-state index in [1.807, 2.05) is 42.8 Å². The summed E-state index contributed by atoms with van der Waals surface area (Å²) in [4.78, 5) is 22.6. The van der Waals surface area contributed by atoms with E-state index in [-0.39, 0.29) is 11.4 Å². The highest BCUT2D eigenvalue weighted by Gasteiger charge is 2.47. The van der Waals surface area contributed by atoms with E-state index >= 15 is 0 Å². The largest absolute Gasteiger partial charge is 0.492 e. The van der Waals surface area contributed by atoms with Crippen LogP contribution in [0.15, 0.2) is 60.2 Å². The van der Waals surface area contributed by atoms with E-state index in [0.717, 1.165) is 64.7 Å². The van der Waals surface area contributed by atoms with E-state index < -0.39 is 5.54 Å². The minimum atomic E-state index is -0.414. The molecule has 0 bridgehead atoms. The van der Waals surface area contributed by atoms with Crippen molar-refractivity contribution in [3.05, 3.63) is 76.9 Å². The fourth-order valence-corrected chi connectivity index (χ4v) is 5.50. The van der Waals surface area contributed by atoms with Crippen LogP contribution in [0.1, 0.15) is 53.6 Å². The van der Waals surface area contributed by atoms with Crippen molar-refractivity contribution >= 4 is 28.1 Å². The molecule has 35 heavy (non-hydrogen) atoms. The summed E-state index contributed by atoms with van der Waals surface area (Å²) in [5.41, 5.74) is 10.3. The lowest BCUT2D eigenvalue weighted by Crippen LogP contribution is -2.51. The van der Waals surface area contributed by atoms with Gasteiger partial charge in [0.25, 0.3) is 5.91 Å². The Kier molecular flexibility index (Phi) is 5.34. The number of benzene rings is 2. The number of pyridine rings is 1. The van der Waals surface area contributed by atoms with Gasteiger partial charge >= 0.3 is 0 Å². The standard InChI is InChI=1S/C28H28N4O2S/c1-18-5-6-20(34-17-27(29)7-3-8-27)16-22(18)25(33)32-28(9-10-28)23-14-19(26-31-12-13-35-26)15-24-21(23)4-2-11-30-24/h2,4-6,11-16H,3,7-10,17,29H2,1H3,(H,32,33). The number of nitrogens with two attached hydrogens (primary N) is 1. The predicted octanol–water partition coefficient (Wildman–Crippen LogP) is 5.35. The van der Waals surface area contributed by atoms with Gasteiger partial charge in [-0.2, -0.15) is 0 Å². The molecule has 2 aliphatic rings. The van der Waals surface area contributed by atoms with Crippen LogP contribution in [-0.2, 0) is 5.54 Å². The molecule has 0 spiro atoms. The average molecular weight is 485 g/mol. The summed E-state index contributed by atoms with van der Waals surface area (Å²) in [6.07, 6.45) is 8.50. The van der Waals surface area contributed by atoms with Crippen molar-refractivity contribution in [3.63, 3.8) is 0 Å². The Hall–Kier alpha value is -3.29. The van der Waals surface area contributed by atoms with Crippen molar-refractivity contribution in [2.24, 2.45) is 5.73 Å². The smallest absolute Gasteiger partial charge is 0.252 e. The number of aryl methyl sites for hydroxylation is 1. The van der Waals surface area contributed by atoms with Crippen LogP contribution < -0.4 is 15.8 Å². The lowest BCUT2D eigenvalue weighted by atomic mass is 9.78. The highest BCUT2D eigenvalue weighted by Crippen LogP contribution is 2.49. The first-order chi connectivity index (χ1) is 16.9. The van der Waals surface area contributed by atoms with Gasteiger partial charge in [-0.1, -0.05) is 12.1 Å². The molecule has 178 valence electrons. The second-order valence-corrected chi connectivity index (χ2v) is 10.8. The number of amides is 1. The van der Waals surface area contributed by atoms with E-state index in [4.69, 9.17) is 10.5 Å². The van der Waals surface area contributed by atoms with Gasteiger partial charge in [0.15, 0.2) is 0 Å². The summed E-state index contributed by atoms with van der Waals surface area (Å²) >= 11 is 1.60. The van der Waals surface area contributed by atoms with Crippen molar-refractivity contribution in [1.82, 2.24) is 15.3 Å². The van der Waals surface area contributed by atoms with Gasteiger partial charge in [0.1, 0.15) is 17.4 Å². The van der Waals surface area contributed by atoms with Gasteiger partial charge in [-0.15, -0.1) is 11.3 Å². The Morgan fingerprint density at radius 1 is 1.11 bits per heavy atom. The van der Waals surface area contributed by atoms with E-state index in [1.165, 1.54) is 0 Å². The SMILES string of the molecule is Cc1ccc(OCC2(N)CCC2)cc1C(=O)NC1(c2cc(-c3nccs3)cc3ncccc23)CC1. The topological polar surface area (TPSA) is 90.1 Å². The third-order valence-electron chi connectivity index (χ3n) is 7.35. The highest BCUT2D eigenvalue weighted by atomic mass is 32.1. The second-order valence-electron chi connectivity index (χ2n) is 9.95. The van der Waals surface area contributed by atoms with Crippen LogP contribution in [0.25, 0.3) is 21.5 Å². The average Bonchev–Trinajstić information content (AvgIpc) is 3.41. The van der Waals surface area contributed by atoms with Crippen molar-refractivity contribution < 1.29 is 9.53 Å². The Morgan fingerprint density at radius 3 is 2.69 bits per heavy atom. The first-order valence-electron chi connectivity index (χ1n) is 12.1. The Labute approximate surface area is 208 Å². The van der Waals surface area contributed by atoms with Crippen LogP contribution in [0.3, 0.4) is 0 Å². The van der Waals surface area contributed by atoms with Gasteiger partial charge in [0, 0.05) is 34.3 Å². The summed E-state index contributed by atoms with van der Waals surface area (Å²) in [5.74, 6) is 0.594. The Morgan fingerprint density at radius 2 is 1.97 bits per heavy atom. The summed E-state index contributed by atoms with van der Waals surface area (Å²) in [6.45, 7) is 2.43. The quantitative estimate of drug-likeness (QED) is 0.369. The molecule has 6 rings (SSSR count). The number of thiazole rings is 1. The zero-order chi connectivity index (χ0) is 24.0. The molecule has 4 aromatic rings. The first-order valence-corrected chi connectivity index (χ1v) is 13.0. The zero-order valence-corrected chi connectivity index (χ0v) is 20.5. The molecule has 3 N–H and O–H groups in total. The highest BCUT2D eigenvalue weighted by molar-refractivity contribution is 7.13. The number of hydrogen-bond acceptors (Lipinski definition) is 6. The fraction of sp³-hybridized carbons (Fsp3) is 0.321. The van der Waals surface area contributed by atoms with Crippen LogP contribution in [-0.4, -0.2) is 28.0 Å². The normalized spacial score (nSPS) is 17.5. The van der Waals surface area contributed by atoms with E-state index in [0.29, 0.717) is 17.9 Å². The molecule has 1 amide bonds. The third kappa shape index (κ3) is 4.19. The van der Waals surface area contributed by atoms with Gasteiger partial charge in [0.2, 0.25) is 0 Å². The van der Waals surface area contributed by atoms with Crippen LogP contribution in [0, 0.1) is 6.92 Å². The molecule has 7 heteroatoms. The van der Waals surface area contributed by atoms with Gasteiger partial charge in [0.05, 0.1) is 16.6 Å². The number of carbonyl (C=O) groups excluding carboxylic acids is 1. The summed E-state index contributed by atoms with van der Waals surface area (Å²) in [5, 5.41) is 7.35. The molecule has 0 atom stereocenters. The van der Waals surface area contributed by atoms with Crippen LogP contribution >= 0.6 is 11.3 Å². The minimum absolute atomic E-state index is 0.0896. The number of hydrogen-bond donors (Lipinski definition) is 2. The maximum absolute atomic E-state index is 13.5. The predicted molar refractivity (Wildman–Crippen MR) is 139 cm³/mol. The van der Waals surface area contributed by atoms with Gasteiger partial charge < -0.3 is 15.8 Å². The van der Waals surface area contributed by atoms with E-state index in [9.17, 15) is 4.79 Å². The number of ether oxygens (including phenoxy) is 1. The van der Waals surface area contributed by atoms with Crippen LogP contribution in [0.5, 0.6) is 5.75 Å². The fourth-order valence-electron chi connectivity index (χ4n) is 4.88. The van der Waals surface area contributed by atoms with Gasteiger partial charge in [-0.05, 0) is 80.5 Å². The first kappa shape index (κ1) is 22.2. The molecule has 2 saturated carbocycles. The maximum atomic E-state index is 13.5. The molecule has 0 unspecified atom stereocenters. The molecule has 0 radical (unpaired) electrons. The second kappa shape index (κ2) is 8.43. The molecule has 0 saturated heterocycles.